The lowest BCUT2D eigenvalue weighted by Gasteiger charge is -2.41. The van der Waals surface area contributed by atoms with Gasteiger partial charge < -0.3 is 45.1 Å². The summed E-state index contributed by atoms with van der Waals surface area (Å²) in [5.41, 5.74) is 0. The number of ether oxygens (including phenoxy) is 3. The summed E-state index contributed by atoms with van der Waals surface area (Å²) in [6, 6.07) is -1.03. The summed E-state index contributed by atoms with van der Waals surface area (Å²) in [6.07, 6.45) is 49.7. The van der Waals surface area contributed by atoms with Gasteiger partial charge in [0.05, 0.1) is 25.4 Å². The van der Waals surface area contributed by atoms with E-state index in [1.54, 1.807) is 6.08 Å². The predicted octanol–water partition coefficient (Wildman–Crippen LogP) is 13.4. The lowest BCUT2D eigenvalue weighted by molar-refractivity contribution is -0.305. The Labute approximate surface area is 439 Å². The second-order valence-corrected chi connectivity index (χ2v) is 20.4. The van der Waals surface area contributed by atoms with E-state index in [2.05, 4.69) is 74.7 Å². The number of amides is 1. The fourth-order valence-corrected chi connectivity index (χ4v) is 8.89. The van der Waals surface area contributed by atoms with Crippen LogP contribution in [0.25, 0.3) is 0 Å². The molecule has 0 bridgehead atoms. The van der Waals surface area contributed by atoms with Crippen LogP contribution in [0.15, 0.2) is 60.8 Å². The van der Waals surface area contributed by atoms with E-state index >= 15 is 0 Å². The molecule has 0 aromatic carbocycles. The van der Waals surface area contributed by atoms with Crippen LogP contribution in [-0.2, 0) is 23.8 Å². The number of aliphatic hydroxyl groups is 5. The van der Waals surface area contributed by atoms with Crippen molar-refractivity contribution in [3.63, 3.8) is 0 Å². The van der Waals surface area contributed by atoms with Crippen LogP contribution in [0.2, 0.25) is 0 Å². The molecule has 0 spiro atoms. The molecule has 6 N–H and O–H groups in total. The molecule has 0 radical (unpaired) electrons. The van der Waals surface area contributed by atoms with Crippen LogP contribution in [0.3, 0.4) is 0 Å². The molecule has 0 aromatic heterocycles. The first kappa shape index (κ1) is 67.4. The van der Waals surface area contributed by atoms with Crippen molar-refractivity contribution in [2.24, 2.45) is 0 Å². The van der Waals surface area contributed by atoms with Crippen LogP contribution < -0.4 is 5.32 Å². The fourth-order valence-electron chi connectivity index (χ4n) is 8.89. The Morgan fingerprint density at radius 3 is 1.47 bits per heavy atom. The molecule has 1 rings (SSSR count). The molecule has 1 aliphatic heterocycles. The maximum Gasteiger partial charge on any atom is 0.306 e. The van der Waals surface area contributed by atoms with Crippen LogP contribution in [0.5, 0.6) is 0 Å². The summed E-state index contributed by atoms with van der Waals surface area (Å²) in [4.78, 5) is 26.4. The molecule has 0 aromatic rings. The van der Waals surface area contributed by atoms with Crippen molar-refractivity contribution in [2.45, 2.75) is 301 Å². The van der Waals surface area contributed by atoms with E-state index in [-0.39, 0.29) is 19.4 Å². The number of rotatable bonds is 49. The quantitative estimate of drug-likeness (QED) is 0.0195. The van der Waals surface area contributed by atoms with E-state index in [0.29, 0.717) is 12.8 Å². The molecule has 1 aliphatic rings. The van der Waals surface area contributed by atoms with Crippen LogP contribution in [0.4, 0.5) is 0 Å². The molecule has 1 fully saturated rings. The molecule has 11 heteroatoms. The Balaban J connectivity index is 2.72. The van der Waals surface area contributed by atoms with Gasteiger partial charge in [0.2, 0.25) is 5.91 Å². The number of carbonyl (C=O) groups is 2. The molecule has 1 saturated heterocycles. The molecule has 0 aliphatic carbocycles. The smallest absolute Gasteiger partial charge is 0.306 e. The number of aliphatic hydroxyl groups excluding tert-OH is 5. The van der Waals surface area contributed by atoms with Crippen molar-refractivity contribution in [2.75, 3.05) is 13.2 Å². The van der Waals surface area contributed by atoms with Crippen molar-refractivity contribution < 1.29 is 49.3 Å². The maximum atomic E-state index is 13.3. The molecule has 0 saturated carbocycles. The predicted molar refractivity (Wildman–Crippen MR) is 296 cm³/mol. The Morgan fingerprint density at radius 2 is 0.958 bits per heavy atom. The number of hydrogen-bond donors (Lipinski definition) is 6. The molecule has 11 nitrogen and oxygen atoms in total. The lowest BCUT2D eigenvalue weighted by Crippen LogP contribution is -2.61. The zero-order valence-electron chi connectivity index (χ0n) is 46.0. The van der Waals surface area contributed by atoms with Gasteiger partial charge in [-0.15, -0.1) is 0 Å². The van der Waals surface area contributed by atoms with E-state index in [0.717, 1.165) is 89.9 Å². The third kappa shape index (κ3) is 37.1. The lowest BCUT2D eigenvalue weighted by atomic mass is 9.99. The molecule has 1 amide bonds. The number of nitrogens with one attached hydrogen (secondary N) is 1. The molecular weight excluding hydrogens is 907 g/mol. The molecule has 418 valence electrons. The van der Waals surface area contributed by atoms with E-state index < -0.39 is 67.4 Å². The fraction of sp³-hybridized carbons (Fsp3) is 0.803. The molecular formula is C61H109NO10. The van der Waals surface area contributed by atoms with Gasteiger partial charge in [0.25, 0.3) is 0 Å². The third-order valence-corrected chi connectivity index (χ3v) is 13.6. The van der Waals surface area contributed by atoms with Gasteiger partial charge in [-0.3, -0.25) is 9.59 Å². The number of esters is 1. The first-order valence-electron chi connectivity index (χ1n) is 29.6. The zero-order chi connectivity index (χ0) is 52.5. The largest absolute Gasteiger partial charge is 0.454 e. The number of allylic oxidation sites excluding steroid dienone is 9. The summed E-state index contributed by atoms with van der Waals surface area (Å²) in [6.45, 7) is 5.72. The number of hydrogen-bond acceptors (Lipinski definition) is 10. The first-order valence-corrected chi connectivity index (χ1v) is 29.6. The normalized spacial score (nSPS) is 19.9. The summed E-state index contributed by atoms with van der Waals surface area (Å²) in [5, 5.41) is 56.8. The molecule has 72 heavy (non-hydrogen) atoms. The maximum absolute atomic E-state index is 13.3. The van der Waals surface area contributed by atoms with Crippen LogP contribution >= 0.6 is 0 Å². The summed E-state index contributed by atoms with van der Waals surface area (Å²) < 4.78 is 17.6. The zero-order valence-corrected chi connectivity index (χ0v) is 46.0. The van der Waals surface area contributed by atoms with E-state index in [4.69, 9.17) is 14.2 Å². The van der Waals surface area contributed by atoms with Gasteiger partial charge in [-0.2, -0.15) is 0 Å². The highest BCUT2D eigenvalue weighted by molar-refractivity contribution is 5.80. The second-order valence-electron chi connectivity index (χ2n) is 20.4. The molecule has 8 unspecified atom stereocenters. The Hall–Kier alpha value is -2.64. The van der Waals surface area contributed by atoms with Crippen LogP contribution in [-0.4, -0.2) is 99.6 Å². The number of carbonyl (C=O) groups excluding carboxylic acids is 2. The van der Waals surface area contributed by atoms with Gasteiger partial charge in [-0.1, -0.05) is 216 Å². The van der Waals surface area contributed by atoms with Crippen LogP contribution in [0.1, 0.15) is 252 Å². The highest BCUT2D eigenvalue weighted by Gasteiger charge is 2.47. The third-order valence-electron chi connectivity index (χ3n) is 13.6. The Morgan fingerprint density at radius 1 is 0.542 bits per heavy atom. The topological polar surface area (TPSA) is 175 Å². The van der Waals surface area contributed by atoms with Crippen molar-refractivity contribution in [1.82, 2.24) is 5.32 Å². The monoisotopic (exact) mass is 1020 g/mol. The van der Waals surface area contributed by atoms with Crippen LogP contribution in [0, 0.1) is 0 Å². The van der Waals surface area contributed by atoms with E-state index in [1.165, 1.54) is 116 Å². The SMILES string of the molecule is CCCCC/C=C\C/C=C\C/C=C\CCCCCCCCC(=O)OC1C(OCC(NC(=O)C(O)CCCC/C=C\CCCCCCCC)C(O)/C=C/CCCCCCCCCCCC)OC(CO)C(O)C1O. The van der Waals surface area contributed by atoms with Gasteiger partial charge in [-0.05, 0) is 89.9 Å². The number of unbranched alkanes of at least 4 members (excludes halogenated alkanes) is 27. The molecule has 8 atom stereocenters. The highest BCUT2D eigenvalue weighted by Crippen LogP contribution is 2.26. The van der Waals surface area contributed by atoms with Gasteiger partial charge >= 0.3 is 5.97 Å². The Bertz CT molecular complexity index is 1400. The summed E-state index contributed by atoms with van der Waals surface area (Å²) >= 11 is 0. The van der Waals surface area contributed by atoms with Crippen molar-refractivity contribution in [3.05, 3.63) is 60.8 Å². The van der Waals surface area contributed by atoms with Gasteiger partial charge in [-0.25, -0.2) is 0 Å². The van der Waals surface area contributed by atoms with Crippen molar-refractivity contribution in [3.8, 4) is 0 Å². The van der Waals surface area contributed by atoms with Gasteiger partial charge in [0, 0.05) is 6.42 Å². The van der Waals surface area contributed by atoms with Gasteiger partial charge in [0.15, 0.2) is 12.4 Å². The van der Waals surface area contributed by atoms with E-state index in [1.807, 2.05) is 6.08 Å². The van der Waals surface area contributed by atoms with E-state index in [9.17, 15) is 35.1 Å². The minimum atomic E-state index is -1.62. The minimum Gasteiger partial charge on any atom is -0.454 e. The average Bonchev–Trinajstić information content (AvgIpc) is 3.38. The van der Waals surface area contributed by atoms with Crippen molar-refractivity contribution in [1.29, 1.82) is 0 Å². The van der Waals surface area contributed by atoms with Crippen molar-refractivity contribution >= 4 is 11.9 Å². The first-order chi connectivity index (χ1) is 35.2. The highest BCUT2D eigenvalue weighted by atomic mass is 16.7. The van der Waals surface area contributed by atoms with Gasteiger partial charge in [0.1, 0.15) is 24.4 Å². The average molecular weight is 1020 g/mol. The second kappa shape index (κ2) is 49.2. The standard InChI is InChI=1S/C61H109NO10/c1-4-7-10-13-16-19-22-25-26-27-28-29-30-31-34-37-40-43-46-49-56(66)72-59-58(68)57(67)55(50-63)71-61(59)70-51-52(53(64)47-44-41-38-35-32-23-20-17-14-11-8-5-2)62-60(69)54(65)48-45-42-39-36-33-24-21-18-15-12-9-6-3/h16,19,25-26,28-29,33,36,44,47,52-55,57-59,61,63-65,67-68H,4-15,17-18,20-24,27,30-32,34-35,37-43,45-46,48-51H2,1-3H3,(H,62,69)/b19-16-,26-25-,29-28-,36-33-,47-44+. The summed E-state index contributed by atoms with van der Waals surface area (Å²) in [7, 11) is 0. The summed E-state index contributed by atoms with van der Waals surface area (Å²) in [5.74, 6) is -1.22. The Kier molecular flexibility index (Phi) is 46.1. The minimum absolute atomic E-state index is 0.106. The molecule has 1 heterocycles.